The number of rotatable bonds is 8. The lowest BCUT2D eigenvalue weighted by Crippen LogP contribution is -2.32. The summed E-state index contributed by atoms with van der Waals surface area (Å²) in [6.07, 6.45) is 5.20. The molecule has 6 heteroatoms. The van der Waals surface area contributed by atoms with Gasteiger partial charge in [0.2, 0.25) is 0 Å². The minimum atomic E-state index is -0.846. The molecule has 2 aromatic rings. The highest BCUT2D eigenvalue weighted by atomic mass is 16.5. The van der Waals surface area contributed by atoms with E-state index in [1.165, 1.54) is 0 Å². The minimum absolute atomic E-state index is 0.139. The summed E-state index contributed by atoms with van der Waals surface area (Å²) in [7, 11) is -0.846. The molecule has 3 rings (SSSR count). The summed E-state index contributed by atoms with van der Waals surface area (Å²) in [5.74, 6) is 1.19. The average Bonchev–Trinajstić information content (AvgIpc) is 3.19. The second-order valence-electron chi connectivity index (χ2n) is 6.77. The van der Waals surface area contributed by atoms with Gasteiger partial charge in [-0.3, -0.25) is 0 Å². The number of furan rings is 1. The monoisotopic (exact) mass is 380 g/mol. The van der Waals surface area contributed by atoms with E-state index in [0.29, 0.717) is 36.3 Å². The Morgan fingerprint density at radius 3 is 2.64 bits per heavy atom. The van der Waals surface area contributed by atoms with E-state index in [-0.39, 0.29) is 19.3 Å². The van der Waals surface area contributed by atoms with Crippen LogP contribution in [-0.4, -0.2) is 35.1 Å². The number of hydrogen-bond acceptors (Lipinski definition) is 5. The van der Waals surface area contributed by atoms with Crippen molar-refractivity contribution in [2.24, 2.45) is 0 Å². The van der Waals surface area contributed by atoms with Gasteiger partial charge in [-0.25, -0.2) is 0 Å². The quantitative estimate of drug-likeness (QED) is 0.611. The molecule has 0 amide bonds. The Balaban J connectivity index is 1.82. The molecular formula is C22H25BO5. The molecule has 2 heterocycles. The zero-order valence-electron chi connectivity index (χ0n) is 15.8. The molecule has 3 N–H and O–H groups in total. The van der Waals surface area contributed by atoms with Gasteiger partial charge in [-0.05, 0) is 53.3 Å². The minimum Gasteiger partial charge on any atom is -0.459 e. The highest BCUT2D eigenvalue weighted by Gasteiger charge is 2.28. The third-order valence-corrected chi connectivity index (χ3v) is 4.78. The maximum Gasteiger partial charge on any atom is 0.458 e. The first-order chi connectivity index (χ1) is 13.6. The van der Waals surface area contributed by atoms with Crippen LogP contribution in [0.3, 0.4) is 0 Å². The Bertz CT molecular complexity index is 853. The van der Waals surface area contributed by atoms with Crippen molar-refractivity contribution in [2.75, 3.05) is 6.61 Å². The van der Waals surface area contributed by atoms with Gasteiger partial charge >= 0.3 is 7.12 Å². The molecule has 1 aliphatic rings. The smallest absolute Gasteiger partial charge is 0.458 e. The molecule has 0 radical (unpaired) electrons. The predicted molar refractivity (Wildman–Crippen MR) is 110 cm³/mol. The average molecular weight is 380 g/mol. The van der Waals surface area contributed by atoms with Crippen LogP contribution in [0.15, 0.2) is 70.7 Å². The van der Waals surface area contributed by atoms with E-state index >= 15 is 0 Å². The second kappa shape index (κ2) is 9.71. The van der Waals surface area contributed by atoms with Gasteiger partial charge in [-0.2, -0.15) is 0 Å². The summed E-state index contributed by atoms with van der Waals surface area (Å²) in [4.78, 5) is 0. The highest BCUT2D eigenvalue weighted by molar-refractivity contribution is 6.43. The fourth-order valence-electron chi connectivity index (χ4n) is 3.33. The van der Waals surface area contributed by atoms with Gasteiger partial charge in [0.1, 0.15) is 18.1 Å². The summed E-state index contributed by atoms with van der Waals surface area (Å²) in [6, 6.07) is 13.6. The number of aliphatic hydroxyl groups excluding tert-OH is 2. The van der Waals surface area contributed by atoms with Crippen LogP contribution in [0.5, 0.6) is 0 Å². The molecule has 0 saturated carbocycles. The van der Waals surface area contributed by atoms with Crippen molar-refractivity contribution in [2.45, 2.75) is 31.9 Å². The van der Waals surface area contributed by atoms with Crippen LogP contribution in [-0.2, 0) is 11.3 Å². The maximum absolute atomic E-state index is 9.89. The lowest BCUT2D eigenvalue weighted by molar-refractivity contribution is 0.182. The summed E-state index contributed by atoms with van der Waals surface area (Å²) in [5, 5.41) is 28.5. The Morgan fingerprint density at radius 2 is 1.96 bits per heavy atom. The van der Waals surface area contributed by atoms with E-state index in [9.17, 15) is 15.2 Å². The van der Waals surface area contributed by atoms with Gasteiger partial charge in [0.25, 0.3) is 0 Å². The van der Waals surface area contributed by atoms with Gasteiger partial charge in [0.15, 0.2) is 0 Å². The van der Waals surface area contributed by atoms with Crippen LogP contribution in [0, 0.1) is 0 Å². The molecule has 1 aromatic carbocycles. The molecule has 0 spiro atoms. The fraction of sp³-hybridized carbons (Fsp3) is 0.273. The lowest BCUT2D eigenvalue weighted by Gasteiger charge is -2.28. The number of allylic oxidation sites excluding steroid dienone is 2. The summed E-state index contributed by atoms with van der Waals surface area (Å²) >= 11 is 0. The van der Waals surface area contributed by atoms with Crippen molar-refractivity contribution >= 4 is 18.8 Å². The molecule has 5 nitrogen and oxygen atoms in total. The molecule has 1 unspecified atom stereocenters. The fourth-order valence-corrected chi connectivity index (χ4v) is 3.33. The first-order valence-corrected chi connectivity index (χ1v) is 9.39. The van der Waals surface area contributed by atoms with Gasteiger partial charge in [-0.15, -0.1) is 0 Å². The van der Waals surface area contributed by atoms with Crippen molar-refractivity contribution in [1.82, 2.24) is 0 Å². The topological polar surface area (TPSA) is 83.1 Å². The number of aliphatic hydroxyl groups is 2. The van der Waals surface area contributed by atoms with Crippen molar-refractivity contribution in [3.63, 3.8) is 0 Å². The van der Waals surface area contributed by atoms with E-state index < -0.39 is 7.12 Å². The molecular weight excluding hydrogens is 355 g/mol. The first-order valence-electron chi connectivity index (χ1n) is 9.39. The molecule has 0 bridgehead atoms. The zero-order valence-corrected chi connectivity index (χ0v) is 15.8. The van der Waals surface area contributed by atoms with Crippen molar-refractivity contribution < 1.29 is 24.3 Å². The second-order valence-corrected chi connectivity index (χ2v) is 6.77. The highest BCUT2D eigenvalue weighted by Crippen LogP contribution is 2.30. The molecule has 0 fully saturated rings. The van der Waals surface area contributed by atoms with E-state index in [1.807, 2.05) is 48.6 Å². The molecule has 1 atom stereocenters. The van der Waals surface area contributed by atoms with Gasteiger partial charge < -0.3 is 24.3 Å². The Hall–Kier alpha value is -2.38. The molecule has 0 aliphatic carbocycles. The van der Waals surface area contributed by atoms with Crippen LogP contribution in [0.1, 0.15) is 29.9 Å². The van der Waals surface area contributed by atoms with Crippen molar-refractivity contribution in [3.05, 3.63) is 83.3 Å². The van der Waals surface area contributed by atoms with Gasteiger partial charge in [-0.1, -0.05) is 43.0 Å². The van der Waals surface area contributed by atoms with Gasteiger partial charge in [0, 0.05) is 6.32 Å². The van der Waals surface area contributed by atoms with E-state index in [0.717, 1.165) is 16.7 Å². The summed E-state index contributed by atoms with van der Waals surface area (Å²) < 4.78 is 11.3. The first kappa shape index (κ1) is 20.4. The third-order valence-electron chi connectivity index (χ3n) is 4.78. The van der Waals surface area contributed by atoms with Crippen LogP contribution in [0.25, 0.3) is 11.6 Å². The normalized spacial score (nSPS) is 17.5. The van der Waals surface area contributed by atoms with Crippen LogP contribution < -0.4 is 0 Å². The van der Waals surface area contributed by atoms with E-state index in [2.05, 4.69) is 6.58 Å². The van der Waals surface area contributed by atoms with E-state index in [1.54, 1.807) is 6.07 Å². The molecule has 0 saturated heterocycles. The Morgan fingerprint density at radius 1 is 1.18 bits per heavy atom. The number of benzene rings is 1. The van der Waals surface area contributed by atoms with Crippen LogP contribution in [0.2, 0.25) is 6.32 Å². The molecule has 28 heavy (non-hydrogen) atoms. The largest absolute Gasteiger partial charge is 0.459 e. The summed E-state index contributed by atoms with van der Waals surface area (Å²) in [5.41, 5.74) is 3.57. The lowest BCUT2D eigenvalue weighted by atomic mass is 9.78. The molecule has 1 aliphatic heterocycles. The third kappa shape index (κ3) is 5.11. The van der Waals surface area contributed by atoms with E-state index in [4.69, 9.17) is 9.07 Å². The Labute approximate surface area is 165 Å². The zero-order chi connectivity index (χ0) is 19.9. The summed E-state index contributed by atoms with van der Waals surface area (Å²) in [6.45, 7) is 3.63. The van der Waals surface area contributed by atoms with Crippen molar-refractivity contribution in [3.8, 4) is 0 Å². The van der Waals surface area contributed by atoms with Gasteiger partial charge in [0.05, 0.1) is 12.7 Å². The van der Waals surface area contributed by atoms with Crippen molar-refractivity contribution in [1.29, 1.82) is 0 Å². The molecule has 1 aromatic heterocycles. The van der Waals surface area contributed by atoms with Crippen LogP contribution >= 0.6 is 0 Å². The Kier molecular flexibility index (Phi) is 7.06. The maximum atomic E-state index is 9.89. The number of hydrogen-bond donors (Lipinski definition) is 3. The predicted octanol–water partition coefficient (Wildman–Crippen LogP) is 3.45. The standard InChI is InChI=1S/C22H25BO5/c1-16(14-24)21-11-12-23(26)28-22(21)10-7-18(17-5-3-2-4-6-17)13-19-8-9-20(15-25)27-19/h2-6,8-9,11,13,22,24-26H,1,7,10,12,14-15H2/b18-13-. The molecule has 146 valence electrons. The SMILES string of the molecule is C=C(CO)C1=CCB(O)OC1CC/C(=C/c1ccc(CO)o1)c1ccccc1. The van der Waals surface area contributed by atoms with Crippen LogP contribution in [0.4, 0.5) is 0 Å².